The molecule has 0 heterocycles. The Morgan fingerprint density at radius 3 is 2.61 bits per heavy atom. The van der Waals surface area contributed by atoms with Crippen molar-refractivity contribution >= 4 is 17.4 Å². The molecule has 0 aliphatic heterocycles. The molecule has 0 fully saturated rings. The van der Waals surface area contributed by atoms with Gasteiger partial charge in [0.2, 0.25) is 0 Å². The van der Waals surface area contributed by atoms with E-state index in [2.05, 4.69) is 0 Å². The van der Waals surface area contributed by atoms with Gasteiger partial charge in [0, 0.05) is 17.1 Å². The molecule has 0 aromatic heterocycles. The van der Waals surface area contributed by atoms with E-state index in [4.69, 9.17) is 11.6 Å². The number of rotatable bonds is 5. The molecule has 1 atom stereocenters. The van der Waals surface area contributed by atoms with Crippen LogP contribution in [-0.2, 0) is 0 Å². The fourth-order valence-electron chi connectivity index (χ4n) is 1.83. The Morgan fingerprint density at radius 2 is 2.11 bits per heavy atom. The predicted molar refractivity (Wildman–Crippen MR) is 74.2 cm³/mol. The third-order valence-electron chi connectivity index (χ3n) is 2.79. The molecule has 0 aliphatic carbocycles. The number of ketones is 1. The lowest BCUT2D eigenvalue weighted by molar-refractivity contribution is 0.0330. The van der Waals surface area contributed by atoms with Gasteiger partial charge in [-0.2, -0.15) is 0 Å². The number of hydrogen-bond acceptors (Lipinski definition) is 3. The first-order valence-electron chi connectivity index (χ1n) is 5.93. The van der Waals surface area contributed by atoms with Crippen molar-refractivity contribution < 1.29 is 9.90 Å². The average molecular weight is 270 g/mol. The molecule has 1 unspecified atom stereocenters. The Labute approximate surface area is 113 Å². The van der Waals surface area contributed by atoms with Crippen molar-refractivity contribution in [2.75, 3.05) is 13.6 Å². The largest absolute Gasteiger partial charge is 0.389 e. The summed E-state index contributed by atoms with van der Waals surface area (Å²) in [6.07, 6.45) is 0. The highest BCUT2D eigenvalue weighted by Crippen LogP contribution is 2.15. The van der Waals surface area contributed by atoms with Gasteiger partial charge in [-0.05, 0) is 40.0 Å². The molecule has 1 aromatic carbocycles. The van der Waals surface area contributed by atoms with E-state index in [0.29, 0.717) is 17.1 Å². The number of nitrogens with zero attached hydrogens (tertiary/aromatic N) is 1. The molecule has 1 N–H and O–H groups in total. The maximum absolute atomic E-state index is 12.2. The first kappa shape index (κ1) is 15.2. The van der Waals surface area contributed by atoms with Crippen LogP contribution in [-0.4, -0.2) is 41.0 Å². The van der Waals surface area contributed by atoms with E-state index in [9.17, 15) is 9.90 Å². The summed E-state index contributed by atoms with van der Waals surface area (Å²) in [5, 5.41) is 10.3. The van der Waals surface area contributed by atoms with E-state index in [1.165, 1.54) is 0 Å². The zero-order valence-electron chi connectivity index (χ0n) is 11.3. The minimum atomic E-state index is -0.822. The van der Waals surface area contributed by atoms with Crippen molar-refractivity contribution in [1.29, 1.82) is 0 Å². The van der Waals surface area contributed by atoms with Crippen molar-refractivity contribution in [3.8, 4) is 0 Å². The molecule has 100 valence electrons. The van der Waals surface area contributed by atoms with Crippen LogP contribution >= 0.6 is 11.6 Å². The third kappa shape index (κ3) is 4.41. The Bertz CT molecular complexity index is 426. The van der Waals surface area contributed by atoms with Gasteiger partial charge in [-0.25, -0.2) is 0 Å². The molecular weight excluding hydrogens is 250 g/mol. The fourth-order valence-corrected chi connectivity index (χ4v) is 2.02. The molecule has 0 aliphatic rings. The van der Waals surface area contributed by atoms with Crippen LogP contribution in [0.4, 0.5) is 0 Å². The Balaban J connectivity index is 2.78. The maximum atomic E-state index is 12.2. The minimum absolute atomic E-state index is 0.00394. The van der Waals surface area contributed by atoms with Crippen molar-refractivity contribution in [1.82, 2.24) is 4.90 Å². The number of likely N-dealkylation sites (N-methyl/N-ethyl adjacent to an activating group) is 1. The second-order valence-corrected chi connectivity index (χ2v) is 5.71. The van der Waals surface area contributed by atoms with Gasteiger partial charge in [0.05, 0.1) is 11.6 Å². The molecular formula is C14H20ClNO2. The number of benzene rings is 1. The number of Topliss-reactive ketones (excluding diaryl/α,β-unsaturated/α-hetero) is 1. The number of halogens is 1. The average Bonchev–Trinajstić information content (AvgIpc) is 2.24. The van der Waals surface area contributed by atoms with Gasteiger partial charge in [-0.3, -0.25) is 9.69 Å². The Morgan fingerprint density at radius 1 is 1.50 bits per heavy atom. The highest BCUT2D eigenvalue weighted by molar-refractivity contribution is 6.31. The summed E-state index contributed by atoms with van der Waals surface area (Å²) in [6, 6.07) is 6.62. The van der Waals surface area contributed by atoms with Crippen molar-refractivity contribution in [2.45, 2.75) is 32.4 Å². The lowest BCUT2D eigenvalue weighted by Gasteiger charge is -2.29. The molecule has 0 saturated heterocycles. The molecule has 3 nitrogen and oxygen atoms in total. The van der Waals surface area contributed by atoms with Gasteiger partial charge < -0.3 is 5.11 Å². The second kappa shape index (κ2) is 5.83. The monoisotopic (exact) mass is 269 g/mol. The number of aliphatic hydroxyl groups is 1. The molecule has 1 rings (SSSR count). The molecule has 1 aromatic rings. The van der Waals surface area contributed by atoms with E-state index in [1.807, 2.05) is 18.9 Å². The van der Waals surface area contributed by atoms with Gasteiger partial charge >= 0.3 is 0 Å². The fraction of sp³-hybridized carbons (Fsp3) is 0.500. The van der Waals surface area contributed by atoms with Crippen LogP contribution in [0.2, 0.25) is 5.02 Å². The highest BCUT2D eigenvalue weighted by atomic mass is 35.5. The first-order valence-corrected chi connectivity index (χ1v) is 6.31. The standard InChI is InChI=1S/C14H20ClNO2/c1-10(16(4)9-14(2,3)18)13(17)11-6-5-7-12(15)8-11/h5-8,10,18H,9H2,1-4H3. The van der Waals surface area contributed by atoms with Crippen LogP contribution in [0.15, 0.2) is 24.3 Å². The van der Waals surface area contributed by atoms with E-state index >= 15 is 0 Å². The summed E-state index contributed by atoms with van der Waals surface area (Å²) >= 11 is 5.87. The van der Waals surface area contributed by atoms with E-state index in [-0.39, 0.29) is 11.8 Å². The molecule has 18 heavy (non-hydrogen) atoms. The summed E-state index contributed by atoms with van der Waals surface area (Å²) in [6.45, 7) is 5.70. The summed E-state index contributed by atoms with van der Waals surface area (Å²) in [7, 11) is 1.82. The zero-order valence-corrected chi connectivity index (χ0v) is 12.0. The quantitative estimate of drug-likeness (QED) is 0.836. The van der Waals surface area contributed by atoms with Crippen LogP contribution in [0.3, 0.4) is 0 Å². The van der Waals surface area contributed by atoms with Gasteiger partial charge in [0.15, 0.2) is 5.78 Å². The Hall–Kier alpha value is -0.900. The van der Waals surface area contributed by atoms with Gasteiger partial charge in [-0.15, -0.1) is 0 Å². The predicted octanol–water partition coefficient (Wildman–Crippen LogP) is 2.61. The second-order valence-electron chi connectivity index (χ2n) is 5.28. The van der Waals surface area contributed by atoms with Crippen molar-refractivity contribution in [3.63, 3.8) is 0 Å². The molecule has 0 amide bonds. The van der Waals surface area contributed by atoms with Gasteiger partial charge in [0.1, 0.15) is 0 Å². The lowest BCUT2D eigenvalue weighted by atomic mass is 10.0. The van der Waals surface area contributed by atoms with Gasteiger partial charge in [-0.1, -0.05) is 23.7 Å². The Kier molecular flexibility index (Phi) is 4.91. The summed E-state index contributed by atoms with van der Waals surface area (Å²) in [5.41, 5.74) is -0.227. The molecule has 4 heteroatoms. The van der Waals surface area contributed by atoms with Crippen LogP contribution in [0, 0.1) is 0 Å². The SMILES string of the molecule is CC(C(=O)c1cccc(Cl)c1)N(C)CC(C)(C)O. The number of hydrogen-bond donors (Lipinski definition) is 1. The minimum Gasteiger partial charge on any atom is -0.389 e. The van der Waals surface area contributed by atoms with Crippen LogP contribution in [0.25, 0.3) is 0 Å². The number of carbonyl (C=O) groups is 1. The molecule has 0 radical (unpaired) electrons. The van der Waals surface area contributed by atoms with E-state index in [0.717, 1.165) is 0 Å². The van der Waals surface area contributed by atoms with Crippen molar-refractivity contribution in [3.05, 3.63) is 34.9 Å². The molecule has 0 saturated carbocycles. The van der Waals surface area contributed by atoms with E-state index in [1.54, 1.807) is 38.1 Å². The lowest BCUT2D eigenvalue weighted by Crippen LogP contribution is -2.44. The first-order chi connectivity index (χ1) is 8.20. The van der Waals surface area contributed by atoms with Crippen LogP contribution < -0.4 is 0 Å². The van der Waals surface area contributed by atoms with E-state index < -0.39 is 5.60 Å². The number of carbonyl (C=O) groups excluding carboxylic acids is 1. The highest BCUT2D eigenvalue weighted by Gasteiger charge is 2.24. The maximum Gasteiger partial charge on any atom is 0.179 e. The van der Waals surface area contributed by atoms with Crippen molar-refractivity contribution in [2.24, 2.45) is 0 Å². The summed E-state index contributed by atoms with van der Waals surface area (Å²) in [4.78, 5) is 14.1. The van der Waals surface area contributed by atoms with Crippen LogP contribution in [0.5, 0.6) is 0 Å². The smallest absolute Gasteiger partial charge is 0.179 e. The molecule has 0 bridgehead atoms. The summed E-state index contributed by atoms with van der Waals surface area (Å²) in [5.74, 6) is 0.00394. The zero-order chi connectivity index (χ0) is 13.9. The van der Waals surface area contributed by atoms with Gasteiger partial charge in [0.25, 0.3) is 0 Å². The third-order valence-corrected chi connectivity index (χ3v) is 3.02. The summed E-state index contributed by atoms with van der Waals surface area (Å²) < 4.78 is 0. The normalized spacial score (nSPS) is 13.7. The molecule has 0 spiro atoms. The van der Waals surface area contributed by atoms with Crippen LogP contribution in [0.1, 0.15) is 31.1 Å². The topological polar surface area (TPSA) is 40.5 Å².